The van der Waals surface area contributed by atoms with E-state index in [0.717, 1.165) is 16.9 Å². The number of aliphatic hydroxyl groups excluding tert-OH is 3. The minimum atomic E-state index is -0.845. The molecule has 4 rings (SSSR count). The topological polar surface area (TPSA) is 79.2 Å². The number of rotatable bonds is 7. The summed E-state index contributed by atoms with van der Waals surface area (Å²) in [5.74, 6) is 1.41. The molecule has 6 atom stereocenters. The summed E-state index contributed by atoms with van der Waals surface area (Å²) in [4.78, 5) is 0. The highest BCUT2D eigenvalue weighted by molar-refractivity contribution is 5.49. The van der Waals surface area contributed by atoms with Gasteiger partial charge in [0.1, 0.15) is 29.3 Å². The standard InChI is InChI=1S/C26H32O5/c1-16(27)14-17-8-7-11-20-24-19(21(28)15-22(24)30-25(17)20)12-13-23(29)26(2,3)31-18-9-5-4-6-10-18/h4-13,16,19,21-24,27-29H,14-15H2,1-3H3/b13-12+/t16?,19-,21+,22-,23+,24-/m0/s1. The van der Waals surface area contributed by atoms with Crippen LogP contribution in [0.1, 0.15) is 44.2 Å². The molecule has 1 aliphatic carbocycles. The second-order valence-corrected chi connectivity index (χ2v) is 9.30. The molecule has 1 heterocycles. The Morgan fingerprint density at radius 2 is 1.87 bits per heavy atom. The van der Waals surface area contributed by atoms with Crippen molar-refractivity contribution in [1.29, 1.82) is 0 Å². The molecule has 1 unspecified atom stereocenters. The summed E-state index contributed by atoms with van der Waals surface area (Å²) in [7, 11) is 0. The van der Waals surface area contributed by atoms with E-state index in [2.05, 4.69) is 0 Å². The van der Waals surface area contributed by atoms with Crippen molar-refractivity contribution in [3.05, 3.63) is 71.8 Å². The first-order valence-electron chi connectivity index (χ1n) is 11.0. The van der Waals surface area contributed by atoms with E-state index in [9.17, 15) is 15.3 Å². The molecule has 2 aliphatic rings. The average molecular weight is 425 g/mol. The van der Waals surface area contributed by atoms with Crippen molar-refractivity contribution in [1.82, 2.24) is 0 Å². The molecule has 0 amide bonds. The van der Waals surface area contributed by atoms with E-state index in [1.165, 1.54) is 0 Å². The van der Waals surface area contributed by atoms with Gasteiger partial charge >= 0.3 is 0 Å². The maximum absolute atomic E-state index is 10.8. The summed E-state index contributed by atoms with van der Waals surface area (Å²) in [5, 5.41) is 31.3. The molecule has 5 heteroatoms. The number of hydrogen-bond acceptors (Lipinski definition) is 5. The fourth-order valence-corrected chi connectivity index (χ4v) is 4.77. The Bertz CT molecular complexity index is 921. The SMILES string of the molecule is CC(O)Cc1cccc2c1O[C@H]1C[C@@H](O)[C@H](/C=C/[C@@H](O)C(C)(C)Oc3ccccc3)[C@@H]21. The van der Waals surface area contributed by atoms with Crippen LogP contribution in [0.15, 0.2) is 60.7 Å². The van der Waals surface area contributed by atoms with Crippen molar-refractivity contribution in [2.45, 2.75) is 69.5 Å². The lowest BCUT2D eigenvalue weighted by atomic mass is 9.86. The first-order valence-corrected chi connectivity index (χ1v) is 11.0. The van der Waals surface area contributed by atoms with Crippen molar-refractivity contribution < 1.29 is 24.8 Å². The van der Waals surface area contributed by atoms with Crippen molar-refractivity contribution in [2.75, 3.05) is 0 Å². The molecule has 0 spiro atoms. The third-order valence-electron chi connectivity index (χ3n) is 6.36. The lowest BCUT2D eigenvalue weighted by molar-refractivity contribution is -0.00221. The van der Waals surface area contributed by atoms with Gasteiger partial charge in [-0.1, -0.05) is 48.6 Å². The number of fused-ring (bicyclic) bond motifs is 3. The van der Waals surface area contributed by atoms with Gasteiger partial charge < -0.3 is 24.8 Å². The van der Waals surface area contributed by atoms with Crippen LogP contribution < -0.4 is 9.47 Å². The molecular weight excluding hydrogens is 392 g/mol. The Labute approximate surface area is 184 Å². The molecule has 0 aromatic heterocycles. The third-order valence-corrected chi connectivity index (χ3v) is 6.36. The number of aliphatic hydroxyl groups is 3. The predicted octanol–water partition coefficient (Wildman–Crippen LogP) is 3.61. The second kappa shape index (κ2) is 8.65. The van der Waals surface area contributed by atoms with Gasteiger partial charge in [-0.15, -0.1) is 0 Å². The lowest BCUT2D eigenvalue weighted by Crippen LogP contribution is -2.41. The summed E-state index contributed by atoms with van der Waals surface area (Å²) in [6.45, 7) is 5.46. The number of ether oxygens (including phenoxy) is 2. The van der Waals surface area contributed by atoms with Crippen LogP contribution in [-0.2, 0) is 6.42 Å². The summed E-state index contributed by atoms with van der Waals surface area (Å²) in [5.41, 5.74) is 1.25. The maximum atomic E-state index is 10.8. The summed E-state index contributed by atoms with van der Waals surface area (Å²) in [6, 6.07) is 15.5. The minimum absolute atomic E-state index is 0.0283. The Morgan fingerprint density at radius 1 is 1.13 bits per heavy atom. The molecular formula is C26H32O5. The monoisotopic (exact) mass is 424 g/mol. The van der Waals surface area contributed by atoms with Gasteiger partial charge in [-0.05, 0) is 38.5 Å². The first-order chi connectivity index (χ1) is 14.8. The van der Waals surface area contributed by atoms with E-state index in [1.54, 1.807) is 13.0 Å². The maximum Gasteiger partial charge on any atom is 0.133 e. The number of benzene rings is 2. The molecule has 2 aromatic carbocycles. The Morgan fingerprint density at radius 3 is 2.58 bits per heavy atom. The molecule has 1 fully saturated rings. The van der Waals surface area contributed by atoms with Crippen LogP contribution >= 0.6 is 0 Å². The number of hydrogen-bond donors (Lipinski definition) is 3. The molecule has 1 saturated carbocycles. The number of para-hydroxylation sites is 2. The van der Waals surface area contributed by atoms with Crippen LogP contribution in [-0.4, -0.2) is 45.3 Å². The Balaban J connectivity index is 1.52. The van der Waals surface area contributed by atoms with Gasteiger partial charge in [0.15, 0.2) is 0 Å². The van der Waals surface area contributed by atoms with Crippen LogP contribution in [0.5, 0.6) is 11.5 Å². The Kier molecular flexibility index (Phi) is 6.11. The molecule has 31 heavy (non-hydrogen) atoms. The molecule has 5 nitrogen and oxygen atoms in total. The molecule has 0 bridgehead atoms. The van der Waals surface area contributed by atoms with E-state index >= 15 is 0 Å². The highest BCUT2D eigenvalue weighted by Crippen LogP contribution is 2.52. The van der Waals surface area contributed by atoms with Crippen LogP contribution in [0.3, 0.4) is 0 Å². The van der Waals surface area contributed by atoms with E-state index < -0.39 is 23.9 Å². The van der Waals surface area contributed by atoms with Crippen molar-refractivity contribution in [3.63, 3.8) is 0 Å². The van der Waals surface area contributed by atoms with Crippen molar-refractivity contribution in [2.24, 2.45) is 5.92 Å². The summed E-state index contributed by atoms with van der Waals surface area (Å²) < 4.78 is 12.2. The third kappa shape index (κ3) is 4.49. The summed E-state index contributed by atoms with van der Waals surface area (Å²) in [6.07, 6.45) is 2.80. The van der Waals surface area contributed by atoms with Crippen LogP contribution in [0.2, 0.25) is 0 Å². The molecule has 0 saturated heterocycles. The zero-order chi connectivity index (χ0) is 22.2. The highest BCUT2D eigenvalue weighted by Gasteiger charge is 2.49. The fourth-order valence-electron chi connectivity index (χ4n) is 4.77. The van der Waals surface area contributed by atoms with Crippen molar-refractivity contribution in [3.8, 4) is 11.5 Å². The van der Waals surface area contributed by atoms with Gasteiger partial charge in [0, 0.05) is 30.2 Å². The quantitative estimate of drug-likeness (QED) is 0.592. The predicted molar refractivity (Wildman–Crippen MR) is 119 cm³/mol. The normalized spacial score (nSPS) is 26.9. The average Bonchev–Trinajstić information content (AvgIpc) is 3.21. The zero-order valence-electron chi connectivity index (χ0n) is 18.3. The minimum Gasteiger partial charge on any atom is -0.489 e. The van der Waals surface area contributed by atoms with Gasteiger partial charge in [0.25, 0.3) is 0 Å². The van der Waals surface area contributed by atoms with Gasteiger partial charge in [-0.2, -0.15) is 0 Å². The molecule has 2 aromatic rings. The highest BCUT2D eigenvalue weighted by atomic mass is 16.5. The second-order valence-electron chi connectivity index (χ2n) is 9.30. The van der Waals surface area contributed by atoms with Gasteiger partial charge in [-0.3, -0.25) is 0 Å². The molecule has 166 valence electrons. The molecule has 1 aliphatic heterocycles. The Hall–Kier alpha value is -2.34. The largest absolute Gasteiger partial charge is 0.489 e. The van der Waals surface area contributed by atoms with E-state index in [4.69, 9.17) is 9.47 Å². The van der Waals surface area contributed by atoms with E-state index in [0.29, 0.717) is 18.6 Å². The van der Waals surface area contributed by atoms with Crippen LogP contribution in [0.4, 0.5) is 0 Å². The fraction of sp³-hybridized carbons (Fsp3) is 0.462. The van der Waals surface area contributed by atoms with Gasteiger partial charge in [0.05, 0.1) is 12.2 Å². The smallest absolute Gasteiger partial charge is 0.133 e. The van der Waals surface area contributed by atoms with Crippen molar-refractivity contribution >= 4 is 0 Å². The van der Waals surface area contributed by atoms with Crippen LogP contribution in [0, 0.1) is 5.92 Å². The van der Waals surface area contributed by atoms with Gasteiger partial charge in [-0.25, -0.2) is 0 Å². The molecule has 3 N–H and O–H groups in total. The van der Waals surface area contributed by atoms with E-state index in [1.807, 2.05) is 68.5 Å². The summed E-state index contributed by atoms with van der Waals surface area (Å²) >= 11 is 0. The molecule has 0 radical (unpaired) electrons. The van der Waals surface area contributed by atoms with Crippen LogP contribution in [0.25, 0.3) is 0 Å². The van der Waals surface area contributed by atoms with E-state index in [-0.39, 0.29) is 17.9 Å². The first kappa shape index (κ1) is 21.9. The lowest BCUT2D eigenvalue weighted by Gasteiger charge is -2.30. The zero-order valence-corrected chi connectivity index (χ0v) is 18.3. The van der Waals surface area contributed by atoms with Gasteiger partial charge in [0.2, 0.25) is 0 Å².